The minimum Gasteiger partial charge on any atom is -0.349 e. The van der Waals surface area contributed by atoms with Gasteiger partial charge in [-0.1, -0.05) is 0 Å². The first-order chi connectivity index (χ1) is 10.1. The molecule has 114 valence electrons. The maximum absolute atomic E-state index is 13.6. The molecule has 0 aromatic heterocycles. The van der Waals surface area contributed by atoms with E-state index in [0.29, 0.717) is 25.7 Å². The van der Waals surface area contributed by atoms with Crippen LogP contribution in [0.25, 0.3) is 0 Å². The van der Waals surface area contributed by atoms with E-state index in [-0.39, 0.29) is 11.6 Å². The number of benzene rings is 1. The fourth-order valence-electron chi connectivity index (χ4n) is 3.02. The molecule has 2 aliphatic rings. The summed E-state index contributed by atoms with van der Waals surface area (Å²) < 4.78 is 37.7. The van der Waals surface area contributed by atoms with Crippen molar-refractivity contribution in [3.05, 3.63) is 35.4 Å². The Morgan fingerprint density at radius 3 is 2.76 bits per heavy atom. The molecule has 1 aliphatic heterocycles. The van der Waals surface area contributed by atoms with Gasteiger partial charge in [-0.2, -0.15) is 0 Å². The highest BCUT2D eigenvalue weighted by atomic mass is 19.1. The predicted molar refractivity (Wildman–Crippen MR) is 70.7 cm³/mol. The Bertz CT molecular complexity index is 544. The summed E-state index contributed by atoms with van der Waals surface area (Å²) in [6, 6.07) is 2.80. The van der Waals surface area contributed by atoms with Crippen LogP contribution >= 0.6 is 0 Å². The zero-order chi connectivity index (χ0) is 14.9. The summed E-state index contributed by atoms with van der Waals surface area (Å²) in [4.78, 5) is 12.1. The standard InChI is InChI=1S/C15H17F2NO3/c16-10-3-4-12(13(17)8-10)14(19)18-11-2-1-5-15(9-11)20-6-7-21-15/h3-4,8,11H,1-2,5-7,9H2,(H,18,19). The van der Waals surface area contributed by atoms with E-state index < -0.39 is 23.3 Å². The second kappa shape index (κ2) is 5.69. The number of carbonyl (C=O) groups excluding carboxylic acids is 1. The maximum atomic E-state index is 13.6. The van der Waals surface area contributed by atoms with Crippen LogP contribution in [-0.2, 0) is 9.47 Å². The van der Waals surface area contributed by atoms with Crippen LogP contribution < -0.4 is 5.32 Å². The van der Waals surface area contributed by atoms with Gasteiger partial charge >= 0.3 is 0 Å². The summed E-state index contributed by atoms with van der Waals surface area (Å²) in [5.41, 5.74) is -0.149. The largest absolute Gasteiger partial charge is 0.349 e. The van der Waals surface area contributed by atoms with Gasteiger partial charge in [0.15, 0.2) is 5.79 Å². The van der Waals surface area contributed by atoms with Crippen LogP contribution in [0.2, 0.25) is 0 Å². The Balaban J connectivity index is 1.67. The zero-order valence-corrected chi connectivity index (χ0v) is 11.5. The van der Waals surface area contributed by atoms with E-state index in [1.54, 1.807) is 0 Å². The lowest BCUT2D eigenvalue weighted by molar-refractivity contribution is -0.181. The Labute approximate surface area is 121 Å². The Morgan fingerprint density at radius 1 is 1.29 bits per heavy atom. The number of hydrogen-bond acceptors (Lipinski definition) is 3. The number of rotatable bonds is 2. The molecular weight excluding hydrogens is 280 g/mol. The molecule has 1 unspecified atom stereocenters. The van der Waals surface area contributed by atoms with Crippen molar-refractivity contribution in [2.75, 3.05) is 13.2 Å². The minimum atomic E-state index is -0.855. The van der Waals surface area contributed by atoms with Gasteiger partial charge in [0.05, 0.1) is 18.8 Å². The Hall–Kier alpha value is -1.53. The van der Waals surface area contributed by atoms with Crippen LogP contribution in [0.5, 0.6) is 0 Å². The van der Waals surface area contributed by atoms with Gasteiger partial charge in [-0.15, -0.1) is 0 Å². The van der Waals surface area contributed by atoms with E-state index >= 15 is 0 Å². The summed E-state index contributed by atoms with van der Waals surface area (Å²) in [7, 11) is 0. The van der Waals surface area contributed by atoms with Gasteiger partial charge in [0.25, 0.3) is 5.91 Å². The molecule has 0 radical (unpaired) electrons. The average molecular weight is 297 g/mol. The summed E-state index contributed by atoms with van der Waals surface area (Å²) in [5, 5.41) is 2.79. The normalized spacial score (nSPS) is 24.2. The molecule has 1 saturated heterocycles. The van der Waals surface area contributed by atoms with Crippen LogP contribution in [0.4, 0.5) is 8.78 Å². The van der Waals surface area contributed by atoms with Crippen molar-refractivity contribution < 1.29 is 23.0 Å². The highest BCUT2D eigenvalue weighted by Gasteiger charge is 2.41. The molecule has 1 N–H and O–H groups in total. The number of amides is 1. The number of ether oxygens (including phenoxy) is 2. The molecule has 1 aromatic carbocycles. The maximum Gasteiger partial charge on any atom is 0.254 e. The summed E-state index contributed by atoms with van der Waals surface area (Å²) in [5.74, 6) is -2.69. The van der Waals surface area contributed by atoms with Crippen LogP contribution in [0, 0.1) is 11.6 Å². The third-order valence-electron chi connectivity index (χ3n) is 3.99. The second-order valence-corrected chi connectivity index (χ2v) is 5.50. The lowest BCUT2D eigenvalue weighted by Gasteiger charge is -2.36. The SMILES string of the molecule is O=C(NC1CCCC2(C1)OCCO2)c1ccc(F)cc1F. The zero-order valence-electron chi connectivity index (χ0n) is 11.5. The summed E-state index contributed by atoms with van der Waals surface area (Å²) in [6.45, 7) is 1.13. The molecule has 1 heterocycles. The van der Waals surface area contributed by atoms with Gasteiger partial charge < -0.3 is 14.8 Å². The molecule has 2 fully saturated rings. The molecule has 6 heteroatoms. The van der Waals surface area contributed by atoms with E-state index in [2.05, 4.69) is 5.32 Å². The predicted octanol–water partition coefficient (Wildman–Crippen LogP) is 2.38. The fraction of sp³-hybridized carbons (Fsp3) is 0.533. The summed E-state index contributed by atoms with van der Waals surface area (Å²) >= 11 is 0. The smallest absolute Gasteiger partial charge is 0.254 e. The average Bonchev–Trinajstić information content (AvgIpc) is 2.86. The monoisotopic (exact) mass is 297 g/mol. The number of halogens is 2. The van der Waals surface area contributed by atoms with Crippen LogP contribution in [0.3, 0.4) is 0 Å². The molecule has 4 nitrogen and oxygen atoms in total. The second-order valence-electron chi connectivity index (χ2n) is 5.50. The van der Waals surface area contributed by atoms with Gasteiger partial charge in [-0.3, -0.25) is 4.79 Å². The van der Waals surface area contributed by atoms with E-state index in [4.69, 9.17) is 9.47 Å². The molecule has 3 rings (SSSR count). The Kier molecular flexibility index (Phi) is 3.91. The van der Waals surface area contributed by atoms with Crippen molar-refractivity contribution in [1.29, 1.82) is 0 Å². The molecule has 1 aromatic rings. The summed E-state index contributed by atoms with van der Waals surface area (Å²) in [6.07, 6.45) is 3.03. The van der Waals surface area contributed by atoms with E-state index in [9.17, 15) is 13.6 Å². The molecule has 1 spiro atoms. The third-order valence-corrected chi connectivity index (χ3v) is 3.99. The van der Waals surface area contributed by atoms with E-state index in [0.717, 1.165) is 31.4 Å². The molecule has 1 aliphatic carbocycles. The molecule has 21 heavy (non-hydrogen) atoms. The fourth-order valence-corrected chi connectivity index (χ4v) is 3.02. The first-order valence-electron chi connectivity index (χ1n) is 7.12. The highest BCUT2D eigenvalue weighted by molar-refractivity contribution is 5.94. The first-order valence-corrected chi connectivity index (χ1v) is 7.12. The molecular formula is C15H17F2NO3. The van der Waals surface area contributed by atoms with Crippen molar-refractivity contribution in [3.8, 4) is 0 Å². The van der Waals surface area contributed by atoms with Gasteiger partial charge in [0.1, 0.15) is 11.6 Å². The topological polar surface area (TPSA) is 47.6 Å². The van der Waals surface area contributed by atoms with Gasteiger partial charge in [0.2, 0.25) is 0 Å². The van der Waals surface area contributed by atoms with Crippen LogP contribution in [-0.4, -0.2) is 30.9 Å². The third kappa shape index (κ3) is 3.06. The van der Waals surface area contributed by atoms with Crippen molar-refractivity contribution in [2.45, 2.75) is 37.5 Å². The van der Waals surface area contributed by atoms with E-state index in [1.807, 2.05) is 0 Å². The van der Waals surface area contributed by atoms with Crippen molar-refractivity contribution in [3.63, 3.8) is 0 Å². The minimum absolute atomic E-state index is 0.131. The number of carbonyl (C=O) groups is 1. The van der Waals surface area contributed by atoms with Crippen LogP contribution in [0.1, 0.15) is 36.0 Å². The van der Waals surface area contributed by atoms with Gasteiger partial charge in [-0.05, 0) is 25.0 Å². The molecule has 1 atom stereocenters. The van der Waals surface area contributed by atoms with Crippen molar-refractivity contribution in [1.82, 2.24) is 5.32 Å². The number of hydrogen-bond donors (Lipinski definition) is 1. The lowest BCUT2D eigenvalue weighted by atomic mass is 9.89. The van der Waals surface area contributed by atoms with Crippen molar-refractivity contribution in [2.24, 2.45) is 0 Å². The van der Waals surface area contributed by atoms with Crippen molar-refractivity contribution >= 4 is 5.91 Å². The number of nitrogens with one attached hydrogen (secondary N) is 1. The van der Waals surface area contributed by atoms with E-state index in [1.165, 1.54) is 0 Å². The highest BCUT2D eigenvalue weighted by Crippen LogP contribution is 2.35. The van der Waals surface area contributed by atoms with Crippen LogP contribution in [0.15, 0.2) is 18.2 Å². The molecule has 1 amide bonds. The molecule has 0 bridgehead atoms. The quantitative estimate of drug-likeness (QED) is 0.911. The molecule has 1 saturated carbocycles. The first kappa shape index (κ1) is 14.4. The Morgan fingerprint density at radius 2 is 2.05 bits per heavy atom. The lowest BCUT2D eigenvalue weighted by Crippen LogP contribution is -2.46. The van der Waals surface area contributed by atoms with Gasteiger partial charge in [0, 0.05) is 24.9 Å². The van der Waals surface area contributed by atoms with Gasteiger partial charge in [-0.25, -0.2) is 8.78 Å².